The van der Waals surface area contributed by atoms with Crippen molar-refractivity contribution in [2.75, 3.05) is 0 Å². The predicted octanol–water partition coefficient (Wildman–Crippen LogP) is 8.90. The quantitative estimate of drug-likeness (QED) is 0.365. The lowest BCUT2D eigenvalue weighted by Gasteiger charge is -2.21. The van der Waals surface area contributed by atoms with E-state index in [9.17, 15) is 0 Å². The van der Waals surface area contributed by atoms with Crippen LogP contribution in [0.25, 0.3) is 39.6 Å². The first-order valence-electron chi connectivity index (χ1n) is 9.63. The summed E-state index contributed by atoms with van der Waals surface area (Å²) >= 11 is 6.47. The van der Waals surface area contributed by atoms with Crippen molar-refractivity contribution in [2.24, 2.45) is 0 Å². The van der Waals surface area contributed by atoms with Gasteiger partial charge < -0.3 is 0 Å². The second kappa shape index (κ2) is 8.94. The minimum absolute atomic E-state index is 0.756. The van der Waals surface area contributed by atoms with Crippen molar-refractivity contribution in [1.29, 1.82) is 0 Å². The fourth-order valence-corrected chi connectivity index (χ4v) is 3.98. The Bertz CT molecular complexity index is 1170. The predicted molar refractivity (Wildman–Crippen MR) is 132 cm³/mol. The average Bonchev–Trinajstić information content (AvgIpc) is 2.73. The third-order valence-electron chi connectivity index (χ3n) is 5.10. The second-order valence-corrected chi connectivity index (χ2v) is 7.26. The highest BCUT2D eigenvalue weighted by Crippen LogP contribution is 2.42. The van der Waals surface area contributed by atoms with Crippen molar-refractivity contribution >= 4 is 40.1 Å². The lowest BCUT2D eigenvalue weighted by Crippen LogP contribution is -1.98. The van der Waals surface area contributed by atoms with Gasteiger partial charge in [-0.2, -0.15) is 0 Å². The fraction of sp³-hybridized carbons (Fsp3) is 0.0714. The van der Waals surface area contributed by atoms with Crippen molar-refractivity contribution in [2.45, 2.75) is 13.8 Å². The number of fused-ring (bicyclic) bond motifs is 1. The zero-order chi connectivity index (χ0) is 21.0. The molecule has 0 nitrogen and oxygen atoms in total. The Morgan fingerprint density at radius 3 is 2.21 bits per heavy atom. The van der Waals surface area contributed by atoms with Gasteiger partial charge >= 0.3 is 0 Å². The number of benzene rings is 3. The van der Waals surface area contributed by atoms with Crippen LogP contribution in [0.2, 0.25) is 5.02 Å². The topological polar surface area (TPSA) is 0 Å². The summed E-state index contributed by atoms with van der Waals surface area (Å²) in [4.78, 5) is 0. The zero-order valence-electron chi connectivity index (χ0n) is 17.0. The Balaban J connectivity index is 2.56. The Labute approximate surface area is 178 Å². The maximum absolute atomic E-state index is 6.47. The van der Waals surface area contributed by atoms with Gasteiger partial charge in [0.1, 0.15) is 0 Å². The maximum atomic E-state index is 6.47. The Morgan fingerprint density at radius 1 is 0.931 bits per heavy atom. The molecule has 3 rings (SSSR count). The number of hydrogen-bond acceptors (Lipinski definition) is 0. The molecule has 0 fully saturated rings. The third-order valence-corrected chi connectivity index (χ3v) is 5.50. The lowest BCUT2D eigenvalue weighted by molar-refractivity contribution is 1.47. The molecule has 0 heterocycles. The Kier molecular flexibility index (Phi) is 6.36. The van der Waals surface area contributed by atoms with Crippen LogP contribution in [0.15, 0.2) is 86.5 Å². The summed E-state index contributed by atoms with van der Waals surface area (Å²) in [6, 6.07) is 14.7. The Morgan fingerprint density at radius 2 is 1.62 bits per heavy atom. The van der Waals surface area contributed by atoms with E-state index < -0.39 is 0 Å². The van der Waals surface area contributed by atoms with Crippen LogP contribution < -0.4 is 0 Å². The summed E-state index contributed by atoms with van der Waals surface area (Å²) in [6.45, 7) is 16.2. The van der Waals surface area contributed by atoms with Crippen molar-refractivity contribution < 1.29 is 0 Å². The Hall–Kier alpha value is -3.09. The van der Waals surface area contributed by atoms with E-state index in [4.69, 9.17) is 11.6 Å². The van der Waals surface area contributed by atoms with Crippen molar-refractivity contribution in [3.05, 3.63) is 114 Å². The number of allylic oxidation sites excluding steroid dienone is 5. The largest absolute Gasteiger partial charge is 0.0990 e. The van der Waals surface area contributed by atoms with Crippen molar-refractivity contribution in [3.8, 4) is 11.1 Å². The van der Waals surface area contributed by atoms with Gasteiger partial charge in [-0.05, 0) is 69.6 Å². The van der Waals surface area contributed by atoms with Gasteiger partial charge in [-0.25, -0.2) is 0 Å². The maximum Gasteiger partial charge on any atom is 0.0441 e. The molecule has 0 radical (unpaired) electrons. The molecule has 0 unspecified atom stereocenters. The van der Waals surface area contributed by atoms with Gasteiger partial charge in [0.25, 0.3) is 0 Å². The van der Waals surface area contributed by atoms with Gasteiger partial charge in [0, 0.05) is 5.02 Å². The molecule has 144 valence electrons. The van der Waals surface area contributed by atoms with Crippen LogP contribution in [-0.4, -0.2) is 0 Å². The van der Waals surface area contributed by atoms with E-state index in [2.05, 4.69) is 62.2 Å². The molecule has 1 heteroatoms. The van der Waals surface area contributed by atoms with Crippen LogP contribution in [0.4, 0.5) is 0 Å². The van der Waals surface area contributed by atoms with E-state index in [1.54, 1.807) is 0 Å². The third kappa shape index (κ3) is 3.77. The molecular weight excluding hydrogens is 372 g/mol. The summed E-state index contributed by atoms with van der Waals surface area (Å²) in [5.41, 5.74) is 7.57. The molecule has 0 atom stereocenters. The number of rotatable bonds is 6. The second-order valence-electron chi connectivity index (χ2n) is 6.85. The van der Waals surface area contributed by atoms with E-state index in [-0.39, 0.29) is 0 Å². The smallest absolute Gasteiger partial charge is 0.0441 e. The monoisotopic (exact) mass is 396 g/mol. The molecule has 0 aliphatic heterocycles. The number of hydrogen-bond donors (Lipinski definition) is 0. The van der Waals surface area contributed by atoms with Crippen LogP contribution in [-0.2, 0) is 0 Å². The molecule has 0 aliphatic carbocycles. The first kappa shape index (κ1) is 20.6. The summed E-state index contributed by atoms with van der Waals surface area (Å²) in [5.74, 6) is 0. The minimum Gasteiger partial charge on any atom is -0.0990 e. The zero-order valence-corrected chi connectivity index (χ0v) is 17.8. The SMILES string of the molecule is C=C/C=C(\C=C/C)c1c(C=C)c(C=C)c(-c2ccc(C)c(Cl)c2)c2ccccc12. The van der Waals surface area contributed by atoms with Crippen LogP contribution >= 0.6 is 11.6 Å². The first-order chi connectivity index (χ1) is 14.1. The van der Waals surface area contributed by atoms with Gasteiger partial charge in [-0.1, -0.05) is 104 Å². The lowest BCUT2D eigenvalue weighted by atomic mass is 9.83. The van der Waals surface area contributed by atoms with E-state index in [0.29, 0.717) is 0 Å². The molecule has 0 bridgehead atoms. The fourth-order valence-electron chi connectivity index (χ4n) is 3.80. The first-order valence-corrected chi connectivity index (χ1v) is 10.0. The summed E-state index contributed by atoms with van der Waals surface area (Å²) < 4.78 is 0. The van der Waals surface area contributed by atoms with Gasteiger partial charge in [0.15, 0.2) is 0 Å². The summed E-state index contributed by atoms with van der Waals surface area (Å²) in [7, 11) is 0. The van der Waals surface area contributed by atoms with E-state index in [1.165, 1.54) is 0 Å². The number of aryl methyl sites for hydroxylation is 1. The molecule has 0 saturated heterocycles. The highest BCUT2D eigenvalue weighted by molar-refractivity contribution is 6.31. The highest BCUT2D eigenvalue weighted by Gasteiger charge is 2.19. The molecule has 29 heavy (non-hydrogen) atoms. The molecule has 3 aromatic rings. The van der Waals surface area contributed by atoms with E-state index in [1.807, 2.05) is 50.3 Å². The van der Waals surface area contributed by atoms with E-state index >= 15 is 0 Å². The van der Waals surface area contributed by atoms with Crippen molar-refractivity contribution in [1.82, 2.24) is 0 Å². The van der Waals surface area contributed by atoms with Crippen LogP contribution in [0, 0.1) is 6.92 Å². The molecule has 0 aromatic heterocycles. The number of halogens is 1. The summed E-state index contributed by atoms with van der Waals surface area (Å²) in [5, 5.41) is 3.07. The molecule has 0 aliphatic rings. The van der Waals surface area contributed by atoms with Crippen LogP contribution in [0.5, 0.6) is 0 Å². The average molecular weight is 397 g/mol. The van der Waals surface area contributed by atoms with Crippen LogP contribution in [0.3, 0.4) is 0 Å². The van der Waals surface area contributed by atoms with Gasteiger partial charge in [-0.3, -0.25) is 0 Å². The molecule has 0 spiro atoms. The molecule has 0 N–H and O–H groups in total. The molecular formula is C28H25Cl. The summed E-state index contributed by atoms with van der Waals surface area (Å²) in [6.07, 6.45) is 11.8. The molecule has 0 amide bonds. The highest BCUT2D eigenvalue weighted by atomic mass is 35.5. The van der Waals surface area contributed by atoms with E-state index in [0.717, 1.165) is 54.7 Å². The minimum atomic E-state index is 0.756. The van der Waals surface area contributed by atoms with Crippen LogP contribution in [0.1, 0.15) is 29.2 Å². The standard InChI is InChI=1S/C28H25Cl/c1-6-12-20(13-7-2)27-22(8-3)23(9-4)28(25-15-11-10-14-24(25)27)21-17-16-19(5)26(29)18-21/h6-18H,1,3-4H2,2,5H3/b13-7-,20-12+. The van der Waals surface area contributed by atoms with Crippen molar-refractivity contribution in [3.63, 3.8) is 0 Å². The van der Waals surface area contributed by atoms with Gasteiger partial charge in [-0.15, -0.1) is 0 Å². The molecule has 3 aromatic carbocycles. The normalized spacial score (nSPS) is 11.8. The van der Waals surface area contributed by atoms with Gasteiger partial charge in [0.2, 0.25) is 0 Å². The van der Waals surface area contributed by atoms with Gasteiger partial charge in [0.05, 0.1) is 0 Å². The molecule has 0 saturated carbocycles.